The van der Waals surface area contributed by atoms with Crippen molar-refractivity contribution < 1.29 is 9.72 Å². The lowest BCUT2D eigenvalue weighted by molar-refractivity contribution is -0.384. The summed E-state index contributed by atoms with van der Waals surface area (Å²) in [5.74, 6) is 2.07. The number of nitrogens with zero attached hydrogens (tertiary/aromatic N) is 1. The zero-order chi connectivity index (χ0) is 14.4. The molecule has 0 radical (unpaired) electrons. The highest BCUT2D eigenvalue weighted by molar-refractivity contribution is 6.32. The second-order valence-corrected chi connectivity index (χ2v) is 4.32. The van der Waals surface area contributed by atoms with E-state index in [4.69, 9.17) is 18.0 Å². The van der Waals surface area contributed by atoms with Gasteiger partial charge in [-0.25, -0.2) is 0 Å². The van der Waals surface area contributed by atoms with Crippen LogP contribution >= 0.6 is 11.6 Å². The molecule has 0 aliphatic carbocycles. The lowest BCUT2D eigenvalue weighted by Gasteiger charge is -2.14. The van der Waals surface area contributed by atoms with E-state index in [0.717, 1.165) is 6.07 Å². The molecule has 1 rings (SSSR count). The topological polar surface area (TPSA) is 72.2 Å². The highest BCUT2D eigenvalue weighted by atomic mass is 35.5. The number of benzene rings is 1. The molecule has 0 spiro atoms. The van der Waals surface area contributed by atoms with Gasteiger partial charge in [-0.1, -0.05) is 18.5 Å². The second-order valence-electron chi connectivity index (χ2n) is 3.91. The van der Waals surface area contributed by atoms with Gasteiger partial charge in [0.05, 0.1) is 4.92 Å². The third kappa shape index (κ3) is 3.97. The maximum atomic E-state index is 11.9. The maximum Gasteiger partial charge on any atom is 0.288 e. The summed E-state index contributed by atoms with van der Waals surface area (Å²) < 4.78 is 0. The van der Waals surface area contributed by atoms with Gasteiger partial charge in [-0.15, -0.1) is 12.3 Å². The first-order chi connectivity index (χ1) is 8.99. The molecular formula is C13H13ClN2O3. The zero-order valence-corrected chi connectivity index (χ0v) is 11.1. The Morgan fingerprint density at radius 2 is 2.32 bits per heavy atom. The van der Waals surface area contributed by atoms with Crippen LogP contribution in [0.5, 0.6) is 0 Å². The summed E-state index contributed by atoms with van der Waals surface area (Å²) in [4.78, 5) is 22.0. The standard InChI is InChI=1S/C13H13ClN2O3/c1-3-5-10(4-2)15-13(17)9-6-7-11(14)12(8-9)16(18)19/h1,6-8,10H,4-5H2,2H3,(H,15,17). The van der Waals surface area contributed by atoms with E-state index >= 15 is 0 Å². The minimum atomic E-state index is -0.627. The van der Waals surface area contributed by atoms with Gasteiger partial charge in [-0.2, -0.15) is 0 Å². The van der Waals surface area contributed by atoms with Gasteiger partial charge in [0.25, 0.3) is 11.6 Å². The molecule has 0 aromatic heterocycles. The highest BCUT2D eigenvalue weighted by Crippen LogP contribution is 2.25. The van der Waals surface area contributed by atoms with Crippen molar-refractivity contribution in [2.45, 2.75) is 25.8 Å². The van der Waals surface area contributed by atoms with E-state index in [0.29, 0.717) is 12.8 Å². The van der Waals surface area contributed by atoms with Crippen molar-refractivity contribution in [1.82, 2.24) is 5.32 Å². The number of terminal acetylenes is 1. The number of amides is 1. The van der Waals surface area contributed by atoms with Gasteiger partial charge >= 0.3 is 0 Å². The molecule has 0 aliphatic rings. The molecule has 100 valence electrons. The molecule has 0 saturated heterocycles. The lowest BCUT2D eigenvalue weighted by Crippen LogP contribution is -2.34. The van der Waals surface area contributed by atoms with Gasteiger partial charge in [0.1, 0.15) is 5.02 Å². The largest absolute Gasteiger partial charge is 0.348 e. The summed E-state index contributed by atoms with van der Waals surface area (Å²) in [5.41, 5.74) is -0.106. The van der Waals surface area contributed by atoms with Crippen molar-refractivity contribution in [3.63, 3.8) is 0 Å². The molecule has 6 heteroatoms. The summed E-state index contributed by atoms with van der Waals surface area (Å²) in [6, 6.07) is 3.77. The SMILES string of the molecule is C#CCC(CC)NC(=O)c1ccc(Cl)c([N+](=O)[O-])c1. The van der Waals surface area contributed by atoms with Gasteiger partial charge in [-0.05, 0) is 18.6 Å². The van der Waals surface area contributed by atoms with Crippen molar-refractivity contribution in [3.05, 3.63) is 38.9 Å². The van der Waals surface area contributed by atoms with E-state index < -0.39 is 10.8 Å². The van der Waals surface area contributed by atoms with Crippen LogP contribution in [0.2, 0.25) is 5.02 Å². The fourth-order valence-electron chi connectivity index (χ4n) is 1.50. The van der Waals surface area contributed by atoms with E-state index in [1.54, 1.807) is 0 Å². The maximum absolute atomic E-state index is 11.9. The van der Waals surface area contributed by atoms with E-state index in [1.807, 2.05) is 6.92 Å². The van der Waals surface area contributed by atoms with Crippen molar-refractivity contribution in [2.75, 3.05) is 0 Å². The van der Waals surface area contributed by atoms with Crippen LogP contribution in [0, 0.1) is 22.5 Å². The van der Waals surface area contributed by atoms with Crippen LogP contribution < -0.4 is 5.32 Å². The Morgan fingerprint density at radius 1 is 1.63 bits per heavy atom. The molecule has 1 N–H and O–H groups in total. The number of nitro benzene ring substituents is 1. The van der Waals surface area contributed by atoms with E-state index in [1.165, 1.54) is 12.1 Å². The Bertz CT molecular complexity index is 537. The molecule has 0 heterocycles. The fraction of sp³-hybridized carbons (Fsp3) is 0.308. The van der Waals surface area contributed by atoms with Crippen molar-refractivity contribution in [2.24, 2.45) is 0 Å². The normalized spacial score (nSPS) is 11.4. The number of hydrogen-bond acceptors (Lipinski definition) is 3. The Balaban J connectivity index is 2.92. The minimum absolute atomic E-state index is 0.00258. The molecule has 1 unspecified atom stereocenters. The fourth-order valence-corrected chi connectivity index (χ4v) is 1.69. The van der Waals surface area contributed by atoms with Crippen molar-refractivity contribution >= 4 is 23.2 Å². The van der Waals surface area contributed by atoms with Gasteiger partial charge in [-0.3, -0.25) is 14.9 Å². The van der Waals surface area contributed by atoms with Crippen LogP contribution in [0.3, 0.4) is 0 Å². The molecule has 19 heavy (non-hydrogen) atoms. The molecule has 1 aromatic carbocycles. The molecule has 5 nitrogen and oxygen atoms in total. The summed E-state index contributed by atoms with van der Waals surface area (Å²) in [7, 11) is 0. The predicted molar refractivity (Wildman–Crippen MR) is 73.1 cm³/mol. The first-order valence-corrected chi connectivity index (χ1v) is 6.05. The van der Waals surface area contributed by atoms with Crippen LogP contribution in [0.15, 0.2) is 18.2 Å². The van der Waals surface area contributed by atoms with E-state index in [2.05, 4.69) is 11.2 Å². The van der Waals surface area contributed by atoms with E-state index in [-0.39, 0.29) is 22.3 Å². The molecule has 1 aromatic rings. The summed E-state index contributed by atoms with van der Waals surface area (Å²) in [6.07, 6.45) is 6.30. The third-order valence-electron chi connectivity index (χ3n) is 2.60. The van der Waals surface area contributed by atoms with E-state index in [9.17, 15) is 14.9 Å². The minimum Gasteiger partial charge on any atom is -0.348 e. The Labute approximate surface area is 116 Å². The van der Waals surface area contributed by atoms with Gasteiger partial charge in [0.2, 0.25) is 0 Å². The first kappa shape index (κ1) is 15.0. The van der Waals surface area contributed by atoms with Crippen LogP contribution in [0.25, 0.3) is 0 Å². The molecular weight excluding hydrogens is 268 g/mol. The monoisotopic (exact) mass is 280 g/mol. The average molecular weight is 281 g/mol. The number of nitrogens with one attached hydrogen (secondary N) is 1. The molecule has 0 bridgehead atoms. The van der Waals surface area contributed by atoms with Gasteiger partial charge in [0, 0.05) is 24.1 Å². The van der Waals surface area contributed by atoms with Gasteiger partial charge in [0.15, 0.2) is 0 Å². The number of carbonyl (C=O) groups excluding carboxylic acids is 1. The Kier molecular flexibility index (Phi) is 5.34. The second kappa shape index (κ2) is 6.76. The van der Waals surface area contributed by atoms with Crippen molar-refractivity contribution in [1.29, 1.82) is 0 Å². The number of carbonyl (C=O) groups is 1. The predicted octanol–water partition coefficient (Wildman–Crippen LogP) is 2.78. The first-order valence-electron chi connectivity index (χ1n) is 5.67. The number of hydrogen-bond donors (Lipinski definition) is 1. The lowest BCUT2D eigenvalue weighted by atomic mass is 10.1. The summed E-state index contributed by atoms with van der Waals surface area (Å²) in [5, 5.41) is 13.5. The Morgan fingerprint density at radius 3 is 2.84 bits per heavy atom. The molecule has 0 saturated carbocycles. The Hall–Kier alpha value is -2.06. The summed E-state index contributed by atoms with van der Waals surface area (Å²) in [6.45, 7) is 1.90. The highest BCUT2D eigenvalue weighted by Gasteiger charge is 2.17. The molecule has 0 fully saturated rings. The zero-order valence-electron chi connectivity index (χ0n) is 10.4. The molecule has 1 atom stereocenters. The van der Waals surface area contributed by atoms with Crippen LogP contribution in [0.4, 0.5) is 5.69 Å². The number of rotatable bonds is 5. The number of nitro groups is 1. The van der Waals surface area contributed by atoms with Crippen molar-refractivity contribution in [3.8, 4) is 12.3 Å². The average Bonchev–Trinajstić information content (AvgIpc) is 2.38. The quantitative estimate of drug-likeness (QED) is 0.512. The smallest absolute Gasteiger partial charge is 0.288 e. The number of halogens is 1. The molecule has 0 aliphatic heterocycles. The van der Waals surface area contributed by atoms with Crippen LogP contribution in [-0.2, 0) is 0 Å². The molecule has 1 amide bonds. The summed E-state index contributed by atoms with van der Waals surface area (Å²) >= 11 is 5.68. The third-order valence-corrected chi connectivity index (χ3v) is 2.92. The van der Waals surface area contributed by atoms with Crippen LogP contribution in [-0.4, -0.2) is 16.9 Å². The van der Waals surface area contributed by atoms with Gasteiger partial charge < -0.3 is 5.32 Å². The van der Waals surface area contributed by atoms with Crippen LogP contribution in [0.1, 0.15) is 30.1 Å².